The predicted octanol–water partition coefficient (Wildman–Crippen LogP) is 4.86. The summed E-state index contributed by atoms with van der Waals surface area (Å²) in [5.41, 5.74) is 2.98. The van der Waals surface area contributed by atoms with E-state index in [4.69, 9.17) is 16.6 Å². The molecule has 3 aromatic heterocycles. The number of aromatic amines is 1. The molecule has 0 spiro atoms. The van der Waals surface area contributed by atoms with E-state index in [1.807, 2.05) is 18.2 Å². The Kier molecular flexibility index (Phi) is 4.42. The monoisotopic (exact) mass is 427 g/mol. The number of fused-ring (bicyclic) bond motifs is 2. The smallest absolute Gasteiger partial charge is 0.249 e. The summed E-state index contributed by atoms with van der Waals surface area (Å²) in [6.07, 6.45) is 1.66. The number of nitriles is 1. The Bertz CT molecular complexity index is 1610. The normalized spacial score (nSPS) is 11.0. The number of aromatic nitrogens is 4. The maximum atomic E-state index is 13.9. The van der Waals surface area contributed by atoms with Crippen LogP contribution in [0.3, 0.4) is 0 Å². The van der Waals surface area contributed by atoms with Crippen molar-refractivity contribution < 1.29 is 4.39 Å². The molecule has 0 saturated carbocycles. The summed E-state index contributed by atoms with van der Waals surface area (Å²) in [6, 6.07) is 16.2. The molecule has 31 heavy (non-hydrogen) atoms. The van der Waals surface area contributed by atoms with Crippen molar-refractivity contribution in [3.63, 3.8) is 0 Å². The Balaban J connectivity index is 1.85. The standard InChI is InChI=1S/C23H11ClFN5O/c24-16-10-14(8-12-2-1-7-27-20(12)16)22-21(13-3-4-17(25)15(9-13)11-26)30-23-18(28-22)5-6-19(31)29-23/h1-10H,(H,29,30,31). The van der Waals surface area contributed by atoms with E-state index in [2.05, 4.69) is 15.0 Å². The number of halogens is 2. The molecule has 1 N–H and O–H groups in total. The molecule has 2 aromatic carbocycles. The summed E-state index contributed by atoms with van der Waals surface area (Å²) < 4.78 is 13.9. The Hall–Kier alpha value is -4.15. The molecule has 8 heteroatoms. The molecule has 0 saturated heterocycles. The Morgan fingerprint density at radius 1 is 1.00 bits per heavy atom. The van der Waals surface area contributed by atoms with Crippen molar-refractivity contribution in [3.05, 3.63) is 87.6 Å². The third kappa shape index (κ3) is 3.29. The van der Waals surface area contributed by atoms with Gasteiger partial charge in [-0.25, -0.2) is 14.4 Å². The fourth-order valence-electron chi connectivity index (χ4n) is 3.41. The van der Waals surface area contributed by atoms with E-state index in [1.165, 1.54) is 24.3 Å². The molecule has 5 rings (SSSR count). The van der Waals surface area contributed by atoms with Crippen molar-refractivity contribution in [1.82, 2.24) is 19.9 Å². The van der Waals surface area contributed by atoms with Crippen LogP contribution in [0.1, 0.15) is 5.56 Å². The largest absolute Gasteiger partial charge is 0.305 e. The van der Waals surface area contributed by atoms with Crippen LogP contribution in [0, 0.1) is 17.1 Å². The van der Waals surface area contributed by atoms with Crippen LogP contribution in [0.4, 0.5) is 4.39 Å². The average molecular weight is 428 g/mol. The summed E-state index contributed by atoms with van der Waals surface area (Å²) in [6.45, 7) is 0. The van der Waals surface area contributed by atoms with E-state index < -0.39 is 5.82 Å². The van der Waals surface area contributed by atoms with E-state index in [-0.39, 0.29) is 16.8 Å². The van der Waals surface area contributed by atoms with Crippen molar-refractivity contribution in [2.45, 2.75) is 0 Å². The van der Waals surface area contributed by atoms with Crippen LogP contribution in [-0.2, 0) is 0 Å². The van der Waals surface area contributed by atoms with Crippen LogP contribution in [0.15, 0.2) is 65.6 Å². The second kappa shape index (κ2) is 7.27. The van der Waals surface area contributed by atoms with Gasteiger partial charge >= 0.3 is 0 Å². The molecule has 148 valence electrons. The number of hydrogen-bond donors (Lipinski definition) is 1. The van der Waals surface area contributed by atoms with E-state index in [9.17, 15) is 14.4 Å². The fraction of sp³-hybridized carbons (Fsp3) is 0. The third-order valence-corrected chi connectivity index (χ3v) is 5.14. The highest BCUT2D eigenvalue weighted by Crippen LogP contribution is 2.35. The first-order valence-electron chi connectivity index (χ1n) is 9.19. The van der Waals surface area contributed by atoms with Crippen molar-refractivity contribution in [3.8, 4) is 28.6 Å². The highest BCUT2D eigenvalue weighted by atomic mass is 35.5. The molecule has 0 fully saturated rings. The maximum Gasteiger partial charge on any atom is 0.249 e. The minimum atomic E-state index is -0.630. The van der Waals surface area contributed by atoms with Crippen molar-refractivity contribution in [2.75, 3.05) is 0 Å². The summed E-state index contributed by atoms with van der Waals surface area (Å²) in [5.74, 6) is -0.630. The van der Waals surface area contributed by atoms with Gasteiger partial charge in [-0.2, -0.15) is 5.26 Å². The van der Waals surface area contributed by atoms with Crippen LogP contribution in [0.2, 0.25) is 5.02 Å². The molecule has 3 heterocycles. The number of benzene rings is 2. The number of nitrogens with zero attached hydrogens (tertiary/aromatic N) is 4. The van der Waals surface area contributed by atoms with Gasteiger partial charge in [-0.15, -0.1) is 0 Å². The number of H-pyrrole nitrogens is 1. The van der Waals surface area contributed by atoms with Crippen LogP contribution in [0.25, 0.3) is 44.6 Å². The first-order valence-corrected chi connectivity index (χ1v) is 9.57. The number of nitrogens with one attached hydrogen (secondary N) is 1. The molecule has 5 aromatic rings. The zero-order valence-corrected chi connectivity index (χ0v) is 16.5. The lowest BCUT2D eigenvalue weighted by atomic mass is 10.0. The zero-order valence-electron chi connectivity index (χ0n) is 15.7. The van der Waals surface area contributed by atoms with Crippen LogP contribution >= 0.6 is 11.6 Å². The second-order valence-corrected chi connectivity index (χ2v) is 7.22. The quantitative estimate of drug-likeness (QED) is 0.434. The molecule has 0 atom stereocenters. The Morgan fingerprint density at radius 2 is 1.84 bits per heavy atom. The van der Waals surface area contributed by atoms with Crippen LogP contribution in [-0.4, -0.2) is 19.9 Å². The van der Waals surface area contributed by atoms with Crippen molar-refractivity contribution in [2.24, 2.45) is 0 Å². The van der Waals surface area contributed by atoms with E-state index in [0.29, 0.717) is 38.6 Å². The molecular formula is C23H11ClFN5O. The Labute approximate surface area is 179 Å². The fourth-order valence-corrected chi connectivity index (χ4v) is 3.69. The second-order valence-electron chi connectivity index (χ2n) is 6.82. The molecule has 0 aliphatic carbocycles. The molecule has 0 aliphatic heterocycles. The summed E-state index contributed by atoms with van der Waals surface area (Å²) >= 11 is 6.47. The van der Waals surface area contributed by atoms with Gasteiger partial charge in [-0.05, 0) is 42.5 Å². The van der Waals surface area contributed by atoms with Crippen LogP contribution < -0.4 is 5.56 Å². The van der Waals surface area contributed by atoms with Gasteiger partial charge in [-0.1, -0.05) is 17.7 Å². The molecule has 0 unspecified atom stereocenters. The number of rotatable bonds is 2. The van der Waals surface area contributed by atoms with Gasteiger partial charge in [0.15, 0.2) is 5.65 Å². The van der Waals surface area contributed by atoms with Crippen molar-refractivity contribution >= 4 is 33.7 Å². The van der Waals surface area contributed by atoms with Gasteiger partial charge in [0.25, 0.3) is 0 Å². The lowest BCUT2D eigenvalue weighted by molar-refractivity contribution is 0.624. The summed E-state index contributed by atoms with van der Waals surface area (Å²) in [5, 5.41) is 10.5. The summed E-state index contributed by atoms with van der Waals surface area (Å²) in [4.78, 5) is 28.0. The molecule has 0 radical (unpaired) electrons. The van der Waals surface area contributed by atoms with Gasteiger partial charge in [0.2, 0.25) is 5.56 Å². The van der Waals surface area contributed by atoms with E-state index >= 15 is 0 Å². The third-order valence-electron chi connectivity index (χ3n) is 4.85. The number of hydrogen-bond acceptors (Lipinski definition) is 5. The van der Waals surface area contributed by atoms with Gasteiger partial charge in [0, 0.05) is 28.8 Å². The molecular weight excluding hydrogens is 417 g/mol. The van der Waals surface area contributed by atoms with Gasteiger partial charge in [-0.3, -0.25) is 9.78 Å². The van der Waals surface area contributed by atoms with Crippen molar-refractivity contribution in [1.29, 1.82) is 5.26 Å². The maximum absolute atomic E-state index is 13.9. The lowest BCUT2D eigenvalue weighted by Crippen LogP contribution is -2.06. The zero-order chi connectivity index (χ0) is 21.5. The predicted molar refractivity (Wildman–Crippen MR) is 116 cm³/mol. The van der Waals surface area contributed by atoms with E-state index in [0.717, 1.165) is 5.39 Å². The van der Waals surface area contributed by atoms with Crippen LogP contribution in [0.5, 0.6) is 0 Å². The Morgan fingerprint density at radius 3 is 2.68 bits per heavy atom. The topological polar surface area (TPSA) is 95.3 Å². The number of pyridine rings is 2. The van der Waals surface area contributed by atoms with Gasteiger partial charge < -0.3 is 4.98 Å². The minimum absolute atomic E-state index is 0.118. The van der Waals surface area contributed by atoms with Gasteiger partial charge in [0.05, 0.1) is 27.5 Å². The molecule has 0 aliphatic rings. The minimum Gasteiger partial charge on any atom is -0.305 e. The summed E-state index contributed by atoms with van der Waals surface area (Å²) in [7, 11) is 0. The SMILES string of the molecule is N#Cc1cc(-c2nc3[nH]c(=O)ccc3nc2-c2cc(Cl)c3ncccc3c2)ccc1F. The van der Waals surface area contributed by atoms with Gasteiger partial charge in [0.1, 0.15) is 17.4 Å². The highest BCUT2D eigenvalue weighted by molar-refractivity contribution is 6.35. The first kappa shape index (κ1) is 18.9. The first-order chi connectivity index (χ1) is 15.0. The van der Waals surface area contributed by atoms with E-state index in [1.54, 1.807) is 24.4 Å². The highest BCUT2D eigenvalue weighted by Gasteiger charge is 2.17. The lowest BCUT2D eigenvalue weighted by Gasteiger charge is -2.12. The molecule has 0 bridgehead atoms. The average Bonchev–Trinajstić information content (AvgIpc) is 2.78. The molecule has 6 nitrogen and oxygen atoms in total. The molecule has 0 amide bonds.